The van der Waals surface area contributed by atoms with Crippen molar-refractivity contribution in [3.05, 3.63) is 35.4 Å². The Hall–Kier alpha value is -1.07. The number of halogens is 3. The van der Waals surface area contributed by atoms with E-state index in [9.17, 15) is 13.2 Å². The molecule has 0 saturated carbocycles. The van der Waals surface area contributed by atoms with Crippen LogP contribution in [0.3, 0.4) is 0 Å². The molecule has 0 aromatic heterocycles. The Labute approximate surface area is 118 Å². The average Bonchev–Trinajstić information content (AvgIpc) is 2.40. The van der Waals surface area contributed by atoms with Crippen molar-refractivity contribution in [1.29, 1.82) is 0 Å². The maximum absolute atomic E-state index is 12.5. The quantitative estimate of drug-likeness (QED) is 0.917. The molecule has 1 N–H and O–H groups in total. The number of hydrogen-bond donors (Lipinski definition) is 1. The Kier molecular flexibility index (Phi) is 4.70. The van der Waals surface area contributed by atoms with Gasteiger partial charge in [0.1, 0.15) is 0 Å². The fraction of sp³-hybridized carbons (Fsp3) is 0.600. The van der Waals surface area contributed by atoms with E-state index in [1.165, 1.54) is 0 Å². The molecule has 0 amide bonds. The summed E-state index contributed by atoms with van der Waals surface area (Å²) in [5.74, 6) is 0. The van der Waals surface area contributed by atoms with Gasteiger partial charge in [0.25, 0.3) is 0 Å². The van der Waals surface area contributed by atoms with Gasteiger partial charge in [0.05, 0.1) is 5.56 Å². The van der Waals surface area contributed by atoms with Gasteiger partial charge in [0.15, 0.2) is 0 Å². The topological polar surface area (TPSA) is 15.3 Å². The van der Waals surface area contributed by atoms with Crippen LogP contribution in [-0.4, -0.2) is 30.6 Å². The maximum atomic E-state index is 12.5. The second-order valence-electron chi connectivity index (χ2n) is 5.63. The SMILES string of the molecule is CC1CC(NCc2ccc(C(F)(F)F)cc2)CCN1C. The molecule has 1 heterocycles. The predicted molar refractivity (Wildman–Crippen MR) is 73.4 cm³/mol. The van der Waals surface area contributed by atoms with Crippen molar-refractivity contribution >= 4 is 0 Å². The van der Waals surface area contributed by atoms with Crippen molar-refractivity contribution < 1.29 is 13.2 Å². The number of rotatable bonds is 3. The summed E-state index contributed by atoms with van der Waals surface area (Å²) in [5, 5.41) is 3.44. The number of likely N-dealkylation sites (tertiary alicyclic amines) is 1. The van der Waals surface area contributed by atoms with Crippen LogP contribution in [0.15, 0.2) is 24.3 Å². The zero-order valence-electron chi connectivity index (χ0n) is 11.9. The summed E-state index contributed by atoms with van der Waals surface area (Å²) in [4.78, 5) is 2.33. The molecule has 0 aliphatic carbocycles. The maximum Gasteiger partial charge on any atom is 0.416 e. The monoisotopic (exact) mass is 286 g/mol. The van der Waals surface area contributed by atoms with E-state index in [-0.39, 0.29) is 0 Å². The normalized spacial score (nSPS) is 24.9. The van der Waals surface area contributed by atoms with Crippen LogP contribution in [0.5, 0.6) is 0 Å². The first-order chi connectivity index (χ1) is 9.36. The van der Waals surface area contributed by atoms with Crippen LogP contribution in [0.4, 0.5) is 13.2 Å². The summed E-state index contributed by atoms with van der Waals surface area (Å²) in [6.45, 7) is 3.89. The van der Waals surface area contributed by atoms with Gasteiger partial charge >= 0.3 is 6.18 Å². The van der Waals surface area contributed by atoms with Gasteiger partial charge in [-0.3, -0.25) is 0 Å². The smallest absolute Gasteiger partial charge is 0.310 e. The lowest BCUT2D eigenvalue weighted by molar-refractivity contribution is -0.137. The zero-order valence-corrected chi connectivity index (χ0v) is 11.9. The molecule has 0 spiro atoms. The van der Waals surface area contributed by atoms with Crippen molar-refractivity contribution in [2.24, 2.45) is 0 Å². The van der Waals surface area contributed by atoms with E-state index in [2.05, 4.69) is 24.2 Å². The highest BCUT2D eigenvalue weighted by Gasteiger charge is 2.30. The first-order valence-electron chi connectivity index (χ1n) is 6.96. The lowest BCUT2D eigenvalue weighted by atomic mass is 9.98. The fourth-order valence-corrected chi connectivity index (χ4v) is 2.55. The molecule has 1 aromatic rings. The highest BCUT2D eigenvalue weighted by atomic mass is 19.4. The van der Waals surface area contributed by atoms with E-state index < -0.39 is 11.7 Å². The second-order valence-corrected chi connectivity index (χ2v) is 5.63. The molecule has 2 rings (SSSR count). The molecule has 2 nitrogen and oxygen atoms in total. The third kappa shape index (κ3) is 3.96. The molecule has 0 radical (unpaired) electrons. The van der Waals surface area contributed by atoms with Crippen LogP contribution in [0.2, 0.25) is 0 Å². The van der Waals surface area contributed by atoms with Crippen LogP contribution in [-0.2, 0) is 12.7 Å². The highest BCUT2D eigenvalue weighted by molar-refractivity contribution is 5.24. The number of hydrogen-bond acceptors (Lipinski definition) is 2. The molecular formula is C15H21F3N2. The van der Waals surface area contributed by atoms with Crippen molar-refractivity contribution in [2.45, 2.75) is 44.6 Å². The molecule has 2 atom stereocenters. The van der Waals surface area contributed by atoms with Gasteiger partial charge in [0, 0.05) is 18.6 Å². The Balaban J connectivity index is 1.85. The Morgan fingerprint density at radius 2 is 1.90 bits per heavy atom. The number of alkyl halides is 3. The number of nitrogens with one attached hydrogen (secondary N) is 1. The summed E-state index contributed by atoms with van der Waals surface area (Å²) < 4.78 is 37.4. The minimum atomic E-state index is -4.25. The second kappa shape index (κ2) is 6.14. The molecule has 1 aliphatic rings. The largest absolute Gasteiger partial charge is 0.416 e. The van der Waals surface area contributed by atoms with E-state index in [0.717, 1.165) is 37.1 Å². The van der Waals surface area contributed by atoms with Crippen molar-refractivity contribution in [3.63, 3.8) is 0 Å². The molecule has 5 heteroatoms. The zero-order chi connectivity index (χ0) is 14.8. The number of benzene rings is 1. The van der Waals surface area contributed by atoms with Gasteiger partial charge in [-0.15, -0.1) is 0 Å². The Morgan fingerprint density at radius 3 is 2.45 bits per heavy atom. The first kappa shape index (κ1) is 15.3. The molecule has 1 saturated heterocycles. The minimum Gasteiger partial charge on any atom is -0.310 e. The fourth-order valence-electron chi connectivity index (χ4n) is 2.55. The van der Waals surface area contributed by atoms with E-state index in [1.54, 1.807) is 12.1 Å². The van der Waals surface area contributed by atoms with Crippen LogP contribution in [0, 0.1) is 0 Å². The van der Waals surface area contributed by atoms with Gasteiger partial charge in [-0.1, -0.05) is 12.1 Å². The van der Waals surface area contributed by atoms with Crippen LogP contribution >= 0.6 is 0 Å². The highest BCUT2D eigenvalue weighted by Crippen LogP contribution is 2.29. The number of nitrogens with zero attached hydrogens (tertiary/aromatic N) is 1. The lowest BCUT2D eigenvalue weighted by Gasteiger charge is -2.35. The molecular weight excluding hydrogens is 265 g/mol. The van der Waals surface area contributed by atoms with Crippen molar-refractivity contribution in [3.8, 4) is 0 Å². The molecule has 1 fully saturated rings. The first-order valence-corrected chi connectivity index (χ1v) is 6.96. The average molecular weight is 286 g/mol. The van der Waals surface area contributed by atoms with Crippen LogP contribution < -0.4 is 5.32 Å². The van der Waals surface area contributed by atoms with Crippen LogP contribution in [0.1, 0.15) is 30.9 Å². The molecule has 1 aromatic carbocycles. The summed E-state index contributed by atoms with van der Waals surface area (Å²) in [6, 6.07) is 6.39. The van der Waals surface area contributed by atoms with Crippen molar-refractivity contribution in [1.82, 2.24) is 10.2 Å². The molecule has 112 valence electrons. The third-order valence-electron chi connectivity index (χ3n) is 4.08. The van der Waals surface area contributed by atoms with Gasteiger partial charge in [0.2, 0.25) is 0 Å². The standard InChI is InChI=1S/C15H21F3N2/c1-11-9-14(7-8-20(11)2)19-10-12-3-5-13(6-4-12)15(16,17)18/h3-6,11,14,19H,7-10H2,1-2H3. The van der Waals surface area contributed by atoms with E-state index in [0.29, 0.717) is 18.6 Å². The van der Waals surface area contributed by atoms with Crippen LogP contribution in [0.25, 0.3) is 0 Å². The predicted octanol–water partition coefficient (Wildman–Crippen LogP) is 3.28. The van der Waals surface area contributed by atoms with Gasteiger partial charge in [-0.05, 0) is 51.1 Å². The number of piperidine rings is 1. The third-order valence-corrected chi connectivity index (χ3v) is 4.08. The molecule has 2 unspecified atom stereocenters. The molecule has 1 aliphatic heterocycles. The van der Waals surface area contributed by atoms with E-state index in [4.69, 9.17) is 0 Å². The Morgan fingerprint density at radius 1 is 1.25 bits per heavy atom. The van der Waals surface area contributed by atoms with Gasteiger partial charge in [-0.2, -0.15) is 13.2 Å². The Bertz CT molecular complexity index is 428. The summed E-state index contributed by atoms with van der Waals surface area (Å²) in [5.41, 5.74) is 0.304. The molecule has 20 heavy (non-hydrogen) atoms. The van der Waals surface area contributed by atoms with Crippen molar-refractivity contribution in [2.75, 3.05) is 13.6 Å². The van der Waals surface area contributed by atoms with Gasteiger partial charge < -0.3 is 10.2 Å². The minimum absolute atomic E-state index is 0.448. The summed E-state index contributed by atoms with van der Waals surface area (Å²) in [7, 11) is 2.12. The van der Waals surface area contributed by atoms with E-state index >= 15 is 0 Å². The van der Waals surface area contributed by atoms with Gasteiger partial charge in [-0.25, -0.2) is 0 Å². The summed E-state index contributed by atoms with van der Waals surface area (Å²) >= 11 is 0. The van der Waals surface area contributed by atoms with E-state index in [1.807, 2.05) is 0 Å². The molecule has 0 bridgehead atoms. The summed E-state index contributed by atoms with van der Waals surface area (Å²) in [6.07, 6.45) is -2.09. The lowest BCUT2D eigenvalue weighted by Crippen LogP contribution is -2.45.